The first kappa shape index (κ1) is 20.7. The molecule has 2 N–H and O–H groups in total. The molecular formula is C19H21ClN6O3. The van der Waals surface area contributed by atoms with Gasteiger partial charge in [0, 0.05) is 32.1 Å². The molecule has 2 amide bonds. The summed E-state index contributed by atoms with van der Waals surface area (Å²) >= 11 is 6.20. The molecule has 3 heterocycles. The molecule has 1 aromatic rings. The highest BCUT2D eigenvalue weighted by Gasteiger charge is 2.39. The number of hydrogen-bond acceptors (Lipinski definition) is 7. The predicted octanol–water partition coefficient (Wildman–Crippen LogP) is 1.71. The van der Waals surface area contributed by atoms with Crippen LogP contribution in [0.4, 0.5) is 10.6 Å². The van der Waals surface area contributed by atoms with Crippen LogP contribution >= 0.6 is 11.6 Å². The Hall–Kier alpha value is -3.04. The van der Waals surface area contributed by atoms with Gasteiger partial charge in [0.2, 0.25) is 0 Å². The van der Waals surface area contributed by atoms with E-state index in [1.807, 2.05) is 17.9 Å². The molecule has 10 heteroatoms. The average Bonchev–Trinajstić information content (AvgIpc) is 3.06. The van der Waals surface area contributed by atoms with Gasteiger partial charge in [-0.05, 0) is 24.8 Å². The van der Waals surface area contributed by atoms with E-state index in [1.165, 1.54) is 0 Å². The standard InChI is InChI=1S/C19H21ClN6O3/c1-2-12-13(9-21)16(20)24-17(14(12)10-22)25-6-3-11(4-7-25)26-8-5-15(18(26)27)29-19(23)28/h11,15H,2-8H2,1H3,(H2,23,28). The van der Waals surface area contributed by atoms with Crippen molar-refractivity contribution < 1.29 is 14.3 Å². The van der Waals surface area contributed by atoms with Crippen molar-refractivity contribution in [1.29, 1.82) is 10.5 Å². The summed E-state index contributed by atoms with van der Waals surface area (Å²) in [6.45, 7) is 3.56. The predicted molar refractivity (Wildman–Crippen MR) is 104 cm³/mol. The number of aromatic nitrogens is 1. The Morgan fingerprint density at radius 3 is 2.45 bits per heavy atom. The molecular weight excluding hydrogens is 396 g/mol. The molecule has 0 saturated carbocycles. The molecule has 9 nitrogen and oxygen atoms in total. The molecule has 0 bridgehead atoms. The number of ether oxygens (including phenoxy) is 1. The van der Waals surface area contributed by atoms with Crippen molar-refractivity contribution in [3.05, 3.63) is 21.8 Å². The number of hydrogen-bond donors (Lipinski definition) is 1. The Morgan fingerprint density at radius 2 is 1.90 bits per heavy atom. The van der Waals surface area contributed by atoms with Crippen LogP contribution in [0.3, 0.4) is 0 Å². The quantitative estimate of drug-likeness (QED) is 0.737. The van der Waals surface area contributed by atoms with Gasteiger partial charge in [0.1, 0.15) is 23.1 Å². The monoisotopic (exact) mass is 416 g/mol. The number of nitrogens with two attached hydrogens (primary N) is 1. The summed E-state index contributed by atoms with van der Waals surface area (Å²) in [5.74, 6) is 0.266. The van der Waals surface area contributed by atoms with Crippen molar-refractivity contribution in [2.75, 3.05) is 24.5 Å². The van der Waals surface area contributed by atoms with E-state index in [1.54, 1.807) is 4.90 Å². The van der Waals surface area contributed by atoms with E-state index in [-0.39, 0.29) is 22.7 Å². The second kappa shape index (κ2) is 8.54. The molecule has 0 aromatic carbocycles. The first-order chi connectivity index (χ1) is 13.9. The Morgan fingerprint density at radius 1 is 1.24 bits per heavy atom. The molecule has 29 heavy (non-hydrogen) atoms. The number of primary amides is 1. The summed E-state index contributed by atoms with van der Waals surface area (Å²) in [5.41, 5.74) is 6.24. The van der Waals surface area contributed by atoms with Crippen LogP contribution in [-0.4, -0.2) is 53.7 Å². The van der Waals surface area contributed by atoms with E-state index in [0.29, 0.717) is 62.3 Å². The number of carbonyl (C=O) groups is 2. The van der Waals surface area contributed by atoms with Crippen molar-refractivity contribution in [2.24, 2.45) is 5.73 Å². The lowest BCUT2D eigenvalue weighted by atomic mass is 9.99. The third-order valence-electron chi connectivity index (χ3n) is 5.47. The lowest BCUT2D eigenvalue weighted by Crippen LogP contribution is -2.47. The van der Waals surface area contributed by atoms with Crippen molar-refractivity contribution in [3.63, 3.8) is 0 Å². The molecule has 2 aliphatic rings. The molecule has 3 rings (SSSR count). The summed E-state index contributed by atoms with van der Waals surface area (Å²) < 4.78 is 4.88. The van der Waals surface area contributed by atoms with Crippen LogP contribution in [0.15, 0.2) is 0 Å². The minimum absolute atomic E-state index is 0.0188. The van der Waals surface area contributed by atoms with Crippen LogP contribution in [0.25, 0.3) is 0 Å². The normalized spacial score (nSPS) is 19.7. The lowest BCUT2D eigenvalue weighted by molar-refractivity contribution is -0.136. The van der Waals surface area contributed by atoms with Gasteiger partial charge in [-0.15, -0.1) is 0 Å². The fraction of sp³-hybridized carbons (Fsp3) is 0.526. The summed E-state index contributed by atoms with van der Waals surface area (Å²) in [6, 6.07) is 4.22. The number of carbonyl (C=O) groups excluding carboxylic acids is 2. The van der Waals surface area contributed by atoms with Crippen LogP contribution < -0.4 is 10.6 Å². The van der Waals surface area contributed by atoms with Crippen molar-refractivity contribution in [1.82, 2.24) is 9.88 Å². The number of pyridine rings is 1. The Bertz CT molecular complexity index is 914. The van der Waals surface area contributed by atoms with Gasteiger partial charge in [-0.2, -0.15) is 10.5 Å². The van der Waals surface area contributed by atoms with Gasteiger partial charge in [0.25, 0.3) is 5.91 Å². The maximum Gasteiger partial charge on any atom is 0.405 e. The van der Waals surface area contributed by atoms with Crippen molar-refractivity contribution >= 4 is 29.4 Å². The van der Waals surface area contributed by atoms with Crippen LogP contribution in [-0.2, 0) is 16.0 Å². The van der Waals surface area contributed by atoms with E-state index in [9.17, 15) is 20.1 Å². The van der Waals surface area contributed by atoms with Gasteiger partial charge in [0.15, 0.2) is 6.10 Å². The van der Waals surface area contributed by atoms with Crippen LogP contribution in [0, 0.1) is 22.7 Å². The zero-order valence-electron chi connectivity index (χ0n) is 16.0. The molecule has 0 spiro atoms. The van der Waals surface area contributed by atoms with E-state index in [4.69, 9.17) is 22.1 Å². The first-order valence-electron chi connectivity index (χ1n) is 9.45. The second-order valence-corrected chi connectivity index (χ2v) is 7.35. The summed E-state index contributed by atoms with van der Waals surface area (Å²) in [7, 11) is 0. The van der Waals surface area contributed by atoms with Crippen molar-refractivity contribution in [2.45, 2.75) is 44.8 Å². The number of rotatable bonds is 4. The number of halogens is 1. The fourth-order valence-electron chi connectivity index (χ4n) is 4.08. The second-order valence-electron chi connectivity index (χ2n) is 7.00. The smallest absolute Gasteiger partial charge is 0.405 e. The van der Waals surface area contributed by atoms with E-state index >= 15 is 0 Å². The summed E-state index contributed by atoms with van der Waals surface area (Å²) in [4.78, 5) is 31.4. The SMILES string of the molecule is CCc1c(C#N)c(Cl)nc(N2CCC(N3CCC(OC(N)=O)C3=O)CC2)c1C#N. The zero-order valence-corrected chi connectivity index (χ0v) is 16.8. The van der Waals surface area contributed by atoms with Gasteiger partial charge < -0.3 is 20.3 Å². The van der Waals surface area contributed by atoms with E-state index < -0.39 is 12.2 Å². The lowest BCUT2D eigenvalue weighted by Gasteiger charge is -2.37. The molecule has 0 aliphatic carbocycles. The van der Waals surface area contributed by atoms with Crippen molar-refractivity contribution in [3.8, 4) is 12.1 Å². The van der Waals surface area contributed by atoms with Crippen LogP contribution in [0.1, 0.15) is 42.9 Å². The van der Waals surface area contributed by atoms with Gasteiger partial charge in [-0.1, -0.05) is 18.5 Å². The summed E-state index contributed by atoms with van der Waals surface area (Å²) in [5, 5.41) is 19.1. The number of anilines is 1. The van der Waals surface area contributed by atoms with Gasteiger partial charge in [-0.3, -0.25) is 4.79 Å². The molecule has 1 aromatic heterocycles. The van der Waals surface area contributed by atoms with Crippen LogP contribution in [0.2, 0.25) is 5.15 Å². The number of nitrogens with zero attached hydrogens (tertiary/aromatic N) is 5. The van der Waals surface area contributed by atoms with Gasteiger partial charge in [0.05, 0.1) is 11.1 Å². The Labute approximate surface area is 173 Å². The zero-order chi connectivity index (χ0) is 21.1. The van der Waals surface area contributed by atoms with Crippen LogP contribution in [0.5, 0.6) is 0 Å². The number of piperidine rings is 1. The molecule has 0 radical (unpaired) electrons. The van der Waals surface area contributed by atoms with Gasteiger partial charge >= 0.3 is 6.09 Å². The molecule has 2 aliphatic heterocycles. The van der Waals surface area contributed by atoms with E-state index in [2.05, 4.69) is 11.1 Å². The largest absolute Gasteiger partial charge is 0.436 e. The first-order valence-corrected chi connectivity index (χ1v) is 9.83. The number of nitriles is 2. The highest BCUT2D eigenvalue weighted by molar-refractivity contribution is 6.30. The Balaban J connectivity index is 1.74. The number of likely N-dealkylation sites (tertiary alicyclic amines) is 1. The molecule has 2 fully saturated rings. The maximum absolute atomic E-state index is 12.5. The minimum Gasteiger partial charge on any atom is -0.436 e. The summed E-state index contributed by atoms with van der Waals surface area (Å²) in [6.07, 6.45) is 0.552. The van der Waals surface area contributed by atoms with E-state index in [0.717, 1.165) is 0 Å². The average molecular weight is 417 g/mol. The molecule has 2 saturated heterocycles. The maximum atomic E-state index is 12.5. The molecule has 1 atom stereocenters. The highest BCUT2D eigenvalue weighted by atomic mass is 35.5. The molecule has 1 unspecified atom stereocenters. The third-order valence-corrected chi connectivity index (χ3v) is 5.74. The topological polar surface area (TPSA) is 136 Å². The fourth-order valence-corrected chi connectivity index (χ4v) is 4.32. The number of amides is 2. The molecule has 152 valence electrons. The minimum atomic E-state index is -0.945. The third kappa shape index (κ3) is 3.92. The van der Waals surface area contributed by atoms with Gasteiger partial charge in [-0.25, -0.2) is 9.78 Å². The highest BCUT2D eigenvalue weighted by Crippen LogP contribution is 2.32. The Kier molecular flexibility index (Phi) is 6.09.